The Morgan fingerprint density at radius 3 is 2.53 bits per heavy atom. The number of amides is 2. The van der Waals surface area contributed by atoms with Crippen molar-refractivity contribution in [3.63, 3.8) is 0 Å². The second kappa shape index (κ2) is 8.57. The standard InChI is InChI=1S/C25H27N3O2/c1-17(22-10-4-7-18-6-2-3-9-23(18)22)27-25(30)19-11-13-21(14-12-19)28-15-5-8-20(16-28)24(26)29/h2-4,6-7,9-14,17,20H,5,8,15-16H2,1H3,(H2,26,29)(H,27,30). The van der Waals surface area contributed by atoms with Crippen LogP contribution in [-0.4, -0.2) is 24.9 Å². The first-order valence-electron chi connectivity index (χ1n) is 10.5. The van der Waals surface area contributed by atoms with E-state index < -0.39 is 0 Å². The molecule has 0 spiro atoms. The Kier molecular flexibility index (Phi) is 5.70. The van der Waals surface area contributed by atoms with E-state index in [-0.39, 0.29) is 23.8 Å². The Morgan fingerprint density at radius 2 is 1.77 bits per heavy atom. The molecule has 2 amide bonds. The van der Waals surface area contributed by atoms with Crippen LogP contribution in [0.25, 0.3) is 10.8 Å². The van der Waals surface area contributed by atoms with Crippen LogP contribution < -0.4 is 16.0 Å². The third-order valence-corrected chi connectivity index (χ3v) is 5.96. The normalized spacial score (nSPS) is 17.5. The molecule has 1 aliphatic rings. The third-order valence-electron chi connectivity index (χ3n) is 5.96. The summed E-state index contributed by atoms with van der Waals surface area (Å²) in [5, 5.41) is 5.43. The van der Waals surface area contributed by atoms with Gasteiger partial charge in [0.05, 0.1) is 12.0 Å². The average molecular weight is 402 g/mol. The Balaban J connectivity index is 1.45. The number of hydrogen-bond donors (Lipinski definition) is 2. The van der Waals surface area contributed by atoms with Crippen molar-refractivity contribution >= 4 is 28.3 Å². The number of hydrogen-bond acceptors (Lipinski definition) is 3. The summed E-state index contributed by atoms with van der Waals surface area (Å²) in [4.78, 5) is 26.5. The van der Waals surface area contributed by atoms with E-state index in [1.807, 2.05) is 49.4 Å². The smallest absolute Gasteiger partial charge is 0.251 e. The monoisotopic (exact) mass is 401 g/mol. The maximum atomic E-state index is 12.8. The van der Waals surface area contributed by atoms with Gasteiger partial charge in [-0.05, 0) is 60.4 Å². The van der Waals surface area contributed by atoms with Gasteiger partial charge in [-0.25, -0.2) is 0 Å². The van der Waals surface area contributed by atoms with Crippen LogP contribution in [0.5, 0.6) is 0 Å². The molecule has 4 rings (SSSR count). The lowest BCUT2D eigenvalue weighted by Crippen LogP contribution is -2.41. The second-order valence-corrected chi connectivity index (χ2v) is 8.00. The van der Waals surface area contributed by atoms with Gasteiger partial charge in [-0.2, -0.15) is 0 Å². The molecule has 0 radical (unpaired) electrons. The molecule has 1 saturated heterocycles. The number of anilines is 1. The fraction of sp³-hybridized carbons (Fsp3) is 0.280. The predicted molar refractivity (Wildman–Crippen MR) is 120 cm³/mol. The molecule has 5 heteroatoms. The van der Waals surface area contributed by atoms with Crippen molar-refractivity contribution in [3.8, 4) is 0 Å². The van der Waals surface area contributed by atoms with Crippen LogP contribution in [0.2, 0.25) is 0 Å². The molecular formula is C25H27N3O2. The van der Waals surface area contributed by atoms with Crippen LogP contribution in [0.15, 0.2) is 66.7 Å². The van der Waals surface area contributed by atoms with Gasteiger partial charge in [-0.1, -0.05) is 42.5 Å². The maximum absolute atomic E-state index is 12.8. The molecular weight excluding hydrogens is 374 g/mol. The van der Waals surface area contributed by atoms with E-state index in [0.717, 1.165) is 41.4 Å². The average Bonchev–Trinajstić information content (AvgIpc) is 2.78. The second-order valence-electron chi connectivity index (χ2n) is 8.00. The number of rotatable bonds is 5. The highest BCUT2D eigenvalue weighted by molar-refractivity contribution is 5.95. The van der Waals surface area contributed by atoms with Crippen molar-refractivity contribution in [1.29, 1.82) is 0 Å². The molecule has 0 bridgehead atoms. The molecule has 1 heterocycles. The van der Waals surface area contributed by atoms with Crippen LogP contribution in [0.3, 0.4) is 0 Å². The summed E-state index contributed by atoms with van der Waals surface area (Å²) in [5.74, 6) is -0.447. The van der Waals surface area contributed by atoms with Crippen LogP contribution >= 0.6 is 0 Å². The molecule has 5 nitrogen and oxygen atoms in total. The van der Waals surface area contributed by atoms with Crippen LogP contribution in [-0.2, 0) is 4.79 Å². The lowest BCUT2D eigenvalue weighted by molar-refractivity contribution is -0.122. The number of carbonyl (C=O) groups is 2. The molecule has 30 heavy (non-hydrogen) atoms. The quantitative estimate of drug-likeness (QED) is 0.678. The molecule has 3 aromatic carbocycles. The third kappa shape index (κ3) is 4.15. The first kappa shape index (κ1) is 20.0. The largest absolute Gasteiger partial charge is 0.371 e. The minimum atomic E-state index is -0.238. The summed E-state index contributed by atoms with van der Waals surface area (Å²) in [6, 6.07) is 21.8. The van der Waals surface area contributed by atoms with Crippen LogP contribution in [0.4, 0.5) is 5.69 Å². The van der Waals surface area contributed by atoms with Crippen molar-refractivity contribution in [2.45, 2.75) is 25.8 Å². The van der Waals surface area contributed by atoms with Gasteiger partial charge >= 0.3 is 0 Å². The van der Waals surface area contributed by atoms with Gasteiger partial charge in [-0.15, -0.1) is 0 Å². The number of benzene rings is 3. The summed E-state index contributed by atoms with van der Waals surface area (Å²) < 4.78 is 0. The molecule has 0 aromatic heterocycles. The number of nitrogens with zero attached hydrogens (tertiary/aromatic N) is 1. The molecule has 2 unspecified atom stereocenters. The molecule has 0 aliphatic carbocycles. The fourth-order valence-electron chi connectivity index (χ4n) is 4.25. The number of nitrogens with one attached hydrogen (secondary N) is 1. The molecule has 154 valence electrons. The molecule has 0 saturated carbocycles. The van der Waals surface area contributed by atoms with Crippen LogP contribution in [0.1, 0.15) is 41.7 Å². The zero-order valence-corrected chi connectivity index (χ0v) is 17.2. The summed E-state index contributed by atoms with van der Waals surface area (Å²) in [7, 11) is 0. The van der Waals surface area contributed by atoms with Gasteiger partial charge in [0.2, 0.25) is 5.91 Å². The SMILES string of the molecule is CC(NC(=O)c1ccc(N2CCCC(C(N)=O)C2)cc1)c1cccc2ccccc12. The first-order chi connectivity index (χ1) is 14.5. The first-order valence-corrected chi connectivity index (χ1v) is 10.5. The Bertz CT molecular complexity index is 1060. The number of carbonyl (C=O) groups excluding carboxylic acids is 2. The van der Waals surface area contributed by atoms with E-state index in [1.165, 1.54) is 0 Å². The van der Waals surface area contributed by atoms with Crippen LogP contribution in [0, 0.1) is 5.92 Å². The Hall–Kier alpha value is -3.34. The molecule has 1 fully saturated rings. The van der Waals surface area contributed by atoms with E-state index >= 15 is 0 Å². The minimum Gasteiger partial charge on any atom is -0.371 e. The van der Waals surface area contributed by atoms with E-state index in [4.69, 9.17) is 5.73 Å². The van der Waals surface area contributed by atoms with E-state index in [2.05, 4.69) is 34.5 Å². The topological polar surface area (TPSA) is 75.4 Å². The van der Waals surface area contributed by atoms with E-state index in [9.17, 15) is 9.59 Å². The highest BCUT2D eigenvalue weighted by Gasteiger charge is 2.24. The van der Waals surface area contributed by atoms with Gasteiger partial charge in [0, 0.05) is 24.3 Å². The summed E-state index contributed by atoms with van der Waals surface area (Å²) in [6.07, 6.45) is 1.79. The lowest BCUT2D eigenvalue weighted by atomic mass is 9.97. The summed E-state index contributed by atoms with van der Waals surface area (Å²) in [5.41, 5.74) is 8.22. The van der Waals surface area contributed by atoms with Gasteiger partial charge < -0.3 is 16.0 Å². The van der Waals surface area contributed by atoms with Gasteiger partial charge in [0.25, 0.3) is 5.91 Å². The number of piperidine rings is 1. The van der Waals surface area contributed by atoms with Gasteiger partial charge in [0.15, 0.2) is 0 Å². The van der Waals surface area contributed by atoms with Crippen molar-refractivity contribution in [2.75, 3.05) is 18.0 Å². The lowest BCUT2D eigenvalue weighted by Gasteiger charge is -2.33. The van der Waals surface area contributed by atoms with Crippen molar-refractivity contribution in [3.05, 3.63) is 77.9 Å². The Labute approximate surface area is 176 Å². The van der Waals surface area contributed by atoms with Crippen molar-refractivity contribution in [1.82, 2.24) is 5.32 Å². The molecule has 1 aliphatic heterocycles. The van der Waals surface area contributed by atoms with Crippen molar-refractivity contribution in [2.24, 2.45) is 11.7 Å². The predicted octanol–water partition coefficient (Wildman–Crippen LogP) is 4.03. The number of fused-ring (bicyclic) bond motifs is 1. The van der Waals surface area contributed by atoms with E-state index in [1.54, 1.807) is 0 Å². The minimum absolute atomic E-state index is 0.101. The maximum Gasteiger partial charge on any atom is 0.251 e. The zero-order chi connectivity index (χ0) is 21.1. The summed E-state index contributed by atoms with van der Waals surface area (Å²) >= 11 is 0. The van der Waals surface area contributed by atoms with Crippen molar-refractivity contribution < 1.29 is 9.59 Å². The van der Waals surface area contributed by atoms with E-state index in [0.29, 0.717) is 12.1 Å². The molecule has 3 N–H and O–H groups in total. The summed E-state index contributed by atoms with van der Waals surface area (Å²) in [6.45, 7) is 3.54. The number of primary amides is 1. The highest BCUT2D eigenvalue weighted by Crippen LogP contribution is 2.26. The zero-order valence-electron chi connectivity index (χ0n) is 17.2. The molecule has 3 aromatic rings. The van der Waals surface area contributed by atoms with Gasteiger partial charge in [0.1, 0.15) is 0 Å². The molecule has 2 atom stereocenters. The highest BCUT2D eigenvalue weighted by atomic mass is 16.2. The Morgan fingerprint density at radius 1 is 1.03 bits per heavy atom. The fourth-order valence-corrected chi connectivity index (χ4v) is 4.25. The number of nitrogens with two attached hydrogens (primary N) is 1. The van der Waals surface area contributed by atoms with Gasteiger partial charge in [-0.3, -0.25) is 9.59 Å².